The minimum atomic E-state index is -0.510. The number of carbonyl (C=O) groups is 1. The van der Waals surface area contributed by atoms with E-state index in [1.54, 1.807) is 0 Å². The topological polar surface area (TPSA) is 60.4 Å². The zero-order valence-corrected chi connectivity index (χ0v) is 12.9. The molecule has 0 radical (unpaired) electrons. The van der Waals surface area contributed by atoms with Crippen LogP contribution in [-0.4, -0.2) is 54.7 Å². The Morgan fingerprint density at radius 3 is 2.52 bits per heavy atom. The van der Waals surface area contributed by atoms with Crippen molar-refractivity contribution in [2.45, 2.75) is 31.2 Å². The van der Waals surface area contributed by atoms with Crippen molar-refractivity contribution in [2.24, 2.45) is 5.16 Å². The fourth-order valence-corrected chi connectivity index (χ4v) is 3.37. The van der Waals surface area contributed by atoms with E-state index < -0.39 is 11.9 Å². The number of piperidine rings is 1. The first-order chi connectivity index (χ1) is 11.3. The lowest BCUT2D eigenvalue weighted by Gasteiger charge is -2.38. The number of benzene rings is 1. The van der Waals surface area contributed by atoms with Crippen molar-refractivity contribution in [3.63, 3.8) is 0 Å². The molecule has 1 aromatic carbocycles. The lowest BCUT2D eigenvalue weighted by atomic mass is 10.0. The molecule has 0 aromatic heterocycles. The van der Waals surface area contributed by atoms with Gasteiger partial charge in [-0.25, -0.2) is 0 Å². The van der Waals surface area contributed by atoms with Crippen molar-refractivity contribution in [2.75, 3.05) is 26.3 Å². The molecule has 1 spiro atoms. The molecule has 3 heterocycles. The lowest BCUT2D eigenvalue weighted by molar-refractivity contribution is -0.189. The van der Waals surface area contributed by atoms with Crippen LogP contribution in [0, 0.1) is 0 Å². The molecule has 4 rings (SSSR count). The van der Waals surface area contributed by atoms with Crippen LogP contribution in [0.1, 0.15) is 24.8 Å². The Morgan fingerprint density at radius 1 is 1.13 bits per heavy atom. The first-order valence-electron chi connectivity index (χ1n) is 8.11. The molecule has 1 atom stereocenters. The summed E-state index contributed by atoms with van der Waals surface area (Å²) in [6.07, 6.45) is 1.46. The van der Waals surface area contributed by atoms with E-state index >= 15 is 0 Å². The van der Waals surface area contributed by atoms with Gasteiger partial charge in [0.25, 0.3) is 5.91 Å². The molecule has 2 fully saturated rings. The van der Waals surface area contributed by atoms with Gasteiger partial charge in [-0.2, -0.15) is 0 Å². The monoisotopic (exact) mass is 316 g/mol. The fraction of sp³-hybridized carbons (Fsp3) is 0.529. The lowest BCUT2D eigenvalue weighted by Crippen LogP contribution is -2.50. The van der Waals surface area contributed by atoms with Gasteiger partial charge >= 0.3 is 0 Å². The van der Waals surface area contributed by atoms with Gasteiger partial charge in [0.05, 0.1) is 18.9 Å². The second kappa shape index (κ2) is 5.94. The van der Waals surface area contributed by atoms with E-state index in [1.807, 2.05) is 35.2 Å². The summed E-state index contributed by atoms with van der Waals surface area (Å²) >= 11 is 0. The van der Waals surface area contributed by atoms with Crippen LogP contribution in [0.15, 0.2) is 35.5 Å². The van der Waals surface area contributed by atoms with Crippen molar-refractivity contribution >= 4 is 11.6 Å². The van der Waals surface area contributed by atoms with Crippen molar-refractivity contribution in [3.05, 3.63) is 35.9 Å². The molecule has 3 aliphatic heterocycles. The third-order valence-corrected chi connectivity index (χ3v) is 4.70. The Morgan fingerprint density at radius 2 is 1.83 bits per heavy atom. The quantitative estimate of drug-likeness (QED) is 0.830. The summed E-state index contributed by atoms with van der Waals surface area (Å²) < 4.78 is 11.4. The summed E-state index contributed by atoms with van der Waals surface area (Å²) in [6, 6.07) is 9.83. The summed E-state index contributed by atoms with van der Waals surface area (Å²) in [7, 11) is 0. The minimum Gasteiger partial charge on any atom is -0.382 e. The van der Waals surface area contributed by atoms with Crippen LogP contribution in [-0.2, 0) is 19.1 Å². The first kappa shape index (κ1) is 14.7. The largest absolute Gasteiger partial charge is 0.382 e. The maximum Gasteiger partial charge on any atom is 0.266 e. The summed E-state index contributed by atoms with van der Waals surface area (Å²) in [5, 5.41) is 4.09. The summed E-state index contributed by atoms with van der Waals surface area (Å²) in [5.41, 5.74) is 1.84. The average molecular weight is 316 g/mol. The Kier molecular flexibility index (Phi) is 3.79. The molecule has 3 aliphatic rings. The number of ether oxygens (including phenoxy) is 2. The van der Waals surface area contributed by atoms with E-state index in [1.165, 1.54) is 0 Å². The number of rotatable bonds is 2. The molecule has 0 saturated carbocycles. The number of nitrogens with zero attached hydrogens (tertiary/aromatic N) is 2. The SMILES string of the molecule is O=C([C@H]1CC(c2ccccc2)=NO1)N1CCC2(CC1)OCCO2. The van der Waals surface area contributed by atoms with Gasteiger partial charge in [-0.3, -0.25) is 4.79 Å². The normalized spacial score (nSPS) is 26.2. The maximum atomic E-state index is 12.6. The molecule has 0 unspecified atom stereocenters. The fourth-order valence-electron chi connectivity index (χ4n) is 3.37. The molecule has 6 nitrogen and oxygen atoms in total. The zero-order chi connectivity index (χ0) is 15.7. The standard InChI is InChI=1S/C17H20N2O4/c20-16(19-8-6-17(7-9-19)21-10-11-22-17)15-12-14(18-23-15)13-4-2-1-3-5-13/h1-5,15H,6-12H2/t15-/m1/s1. The summed E-state index contributed by atoms with van der Waals surface area (Å²) in [4.78, 5) is 19.9. The van der Waals surface area contributed by atoms with Crippen LogP contribution in [0.3, 0.4) is 0 Å². The number of amides is 1. The minimum absolute atomic E-state index is 0.00697. The van der Waals surface area contributed by atoms with E-state index in [9.17, 15) is 4.79 Å². The maximum absolute atomic E-state index is 12.6. The number of oxime groups is 1. The van der Waals surface area contributed by atoms with Gasteiger partial charge in [0.1, 0.15) is 0 Å². The van der Waals surface area contributed by atoms with Gasteiger partial charge < -0.3 is 19.2 Å². The number of hydrogen-bond acceptors (Lipinski definition) is 5. The van der Waals surface area contributed by atoms with Crippen molar-refractivity contribution in [1.82, 2.24) is 4.90 Å². The molecular formula is C17H20N2O4. The predicted octanol–water partition coefficient (Wildman–Crippen LogP) is 1.55. The number of hydrogen-bond donors (Lipinski definition) is 0. The van der Waals surface area contributed by atoms with Crippen molar-refractivity contribution in [1.29, 1.82) is 0 Å². The zero-order valence-electron chi connectivity index (χ0n) is 12.9. The van der Waals surface area contributed by atoms with Gasteiger partial charge in [0, 0.05) is 32.4 Å². The van der Waals surface area contributed by atoms with Crippen LogP contribution in [0.4, 0.5) is 0 Å². The average Bonchev–Trinajstić information content (AvgIpc) is 3.26. The van der Waals surface area contributed by atoms with Crippen molar-refractivity contribution in [3.8, 4) is 0 Å². The molecule has 0 N–H and O–H groups in total. The molecular weight excluding hydrogens is 296 g/mol. The summed E-state index contributed by atoms with van der Waals surface area (Å²) in [6.45, 7) is 2.57. The Hall–Kier alpha value is -1.92. The van der Waals surface area contributed by atoms with Crippen LogP contribution in [0.2, 0.25) is 0 Å². The van der Waals surface area contributed by atoms with Gasteiger partial charge in [0.2, 0.25) is 6.10 Å². The Bertz CT molecular complexity index is 600. The third-order valence-electron chi connectivity index (χ3n) is 4.70. The van der Waals surface area contributed by atoms with Crippen LogP contribution >= 0.6 is 0 Å². The number of carbonyl (C=O) groups excluding carboxylic acids is 1. The van der Waals surface area contributed by atoms with Crippen molar-refractivity contribution < 1.29 is 19.1 Å². The van der Waals surface area contributed by atoms with E-state index in [-0.39, 0.29) is 5.91 Å². The molecule has 0 aliphatic carbocycles. The molecule has 1 aromatic rings. The Labute approximate surface area is 135 Å². The summed E-state index contributed by atoms with van der Waals surface area (Å²) in [5.74, 6) is -0.452. The van der Waals surface area contributed by atoms with Gasteiger partial charge in [-0.05, 0) is 5.56 Å². The highest BCUT2D eigenvalue weighted by molar-refractivity contribution is 6.04. The van der Waals surface area contributed by atoms with Crippen LogP contribution in [0.5, 0.6) is 0 Å². The van der Waals surface area contributed by atoms with E-state index in [2.05, 4.69) is 5.16 Å². The van der Waals surface area contributed by atoms with Crippen LogP contribution < -0.4 is 0 Å². The van der Waals surface area contributed by atoms with E-state index in [4.69, 9.17) is 14.3 Å². The van der Waals surface area contributed by atoms with Gasteiger partial charge in [-0.15, -0.1) is 0 Å². The molecule has 0 bridgehead atoms. The van der Waals surface area contributed by atoms with E-state index in [0.717, 1.165) is 24.1 Å². The second-order valence-electron chi connectivity index (χ2n) is 6.14. The molecule has 6 heteroatoms. The molecule has 23 heavy (non-hydrogen) atoms. The van der Waals surface area contributed by atoms with Gasteiger partial charge in [-0.1, -0.05) is 35.5 Å². The highest BCUT2D eigenvalue weighted by Gasteiger charge is 2.42. The predicted molar refractivity (Wildman–Crippen MR) is 82.9 cm³/mol. The highest BCUT2D eigenvalue weighted by Crippen LogP contribution is 2.32. The second-order valence-corrected chi connectivity index (χ2v) is 6.14. The van der Waals surface area contributed by atoms with Crippen LogP contribution in [0.25, 0.3) is 0 Å². The third kappa shape index (κ3) is 2.84. The van der Waals surface area contributed by atoms with Gasteiger partial charge in [0.15, 0.2) is 5.79 Å². The molecule has 122 valence electrons. The smallest absolute Gasteiger partial charge is 0.266 e. The van der Waals surface area contributed by atoms with E-state index in [0.29, 0.717) is 32.7 Å². The Balaban J connectivity index is 1.34. The molecule has 2 saturated heterocycles. The highest BCUT2D eigenvalue weighted by atomic mass is 16.7. The first-order valence-corrected chi connectivity index (χ1v) is 8.11. The number of likely N-dealkylation sites (tertiary alicyclic amines) is 1. The molecule has 1 amide bonds.